The smallest absolute Gasteiger partial charge is 0.212 e. The number of nitrogens with two attached hydrogens (primary N) is 1. The van der Waals surface area contributed by atoms with Gasteiger partial charge in [-0.05, 0) is 11.6 Å². The van der Waals surface area contributed by atoms with Gasteiger partial charge in [0.25, 0.3) is 0 Å². The maximum absolute atomic E-state index is 4.87. The van der Waals surface area contributed by atoms with E-state index in [1.807, 2.05) is 6.07 Å². The predicted octanol–water partition coefficient (Wildman–Crippen LogP) is 0.902. The van der Waals surface area contributed by atoms with Crippen molar-refractivity contribution in [2.24, 2.45) is 5.90 Å². The summed E-state index contributed by atoms with van der Waals surface area (Å²) in [6.45, 7) is 0.372. The van der Waals surface area contributed by atoms with Crippen LogP contribution in [-0.2, 0) is 11.4 Å². The third-order valence-electron chi connectivity index (χ3n) is 1.26. The van der Waals surface area contributed by atoms with E-state index in [-0.39, 0.29) is 12.4 Å². The number of methoxy groups -OCH3 is 1. The van der Waals surface area contributed by atoms with Gasteiger partial charge in [0.15, 0.2) is 0 Å². The number of ether oxygens (including phenoxy) is 1. The van der Waals surface area contributed by atoms with Gasteiger partial charge in [-0.1, -0.05) is 0 Å². The molecule has 0 aliphatic rings. The number of nitrogens with zero attached hydrogens (tertiary/aromatic N) is 1. The van der Waals surface area contributed by atoms with Crippen LogP contribution >= 0.6 is 12.4 Å². The predicted molar refractivity (Wildman–Crippen MR) is 47.0 cm³/mol. The maximum Gasteiger partial charge on any atom is 0.212 e. The number of rotatable bonds is 3. The lowest BCUT2D eigenvalue weighted by Gasteiger charge is -1.99. The Bertz CT molecular complexity index is 215. The van der Waals surface area contributed by atoms with Gasteiger partial charge < -0.3 is 4.74 Å². The van der Waals surface area contributed by atoms with Crippen molar-refractivity contribution in [3.05, 3.63) is 23.9 Å². The van der Waals surface area contributed by atoms with Crippen molar-refractivity contribution in [2.45, 2.75) is 6.61 Å². The van der Waals surface area contributed by atoms with Crippen LogP contribution < -0.4 is 10.6 Å². The average Bonchev–Trinajstić information content (AvgIpc) is 2.07. The zero-order valence-electron chi connectivity index (χ0n) is 6.69. The van der Waals surface area contributed by atoms with Gasteiger partial charge in [-0.2, -0.15) is 0 Å². The van der Waals surface area contributed by atoms with Crippen LogP contribution in [0.3, 0.4) is 0 Å². The molecule has 2 N–H and O–H groups in total. The minimum Gasteiger partial charge on any atom is -0.481 e. The molecule has 0 bridgehead atoms. The molecule has 5 heteroatoms. The number of hydrogen-bond acceptors (Lipinski definition) is 4. The first kappa shape index (κ1) is 11.2. The zero-order chi connectivity index (χ0) is 8.10. The molecular weight excluding hydrogens is 180 g/mol. The van der Waals surface area contributed by atoms with Crippen LogP contribution in [0.1, 0.15) is 5.56 Å². The molecule has 68 valence electrons. The number of pyridine rings is 1. The van der Waals surface area contributed by atoms with Crippen LogP contribution in [0.25, 0.3) is 0 Å². The minimum absolute atomic E-state index is 0. The number of hydrogen-bond donors (Lipinski definition) is 1. The molecule has 0 amide bonds. The van der Waals surface area contributed by atoms with Gasteiger partial charge in [0.2, 0.25) is 5.88 Å². The van der Waals surface area contributed by atoms with E-state index in [9.17, 15) is 0 Å². The molecule has 0 aliphatic carbocycles. The molecule has 1 rings (SSSR count). The molecule has 4 nitrogen and oxygen atoms in total. The van der Waals surface area contributed by atoms with E-state index in [0.29, 0.717) is 12.5 Å². The largest absolute Gasteiger partial charge is 0.481 e. The summed E-state index contributed by atoms with van der Waals surface area (Å²) in [6, 6.07) is 3.60. The fraction of sp³-hybridized carbons (Fsp3) is 0.286. The Morgan fingerprint density at radius 2 is 2.25 bits per heavy atom. The molecule has 0 aliphatic heterocycles. The molecule has 0 saturated carbocycles. The lowest BCUT2D eigenvalue weighted by Crippen LogP contribution is -1.99. The summed E-state index contributed by atoms with van der Waals surface area (Å²) in [5, 5.41) is 0. The SMILES string of the molecule is COc1ccc(CON)cn1.Cl. The normalized spacial score (nSPS) is 8.83. The Hall–Kier alpha value is -0.840. The van der Waals surface area contributed by atoms with Crippen LogP contribution in [0.15, 0.2) is 18.3 Å². The van der Waals surface area contributed by atoms with E-state index in [2.05, 4.69) is 9.82 Å². The van der Waals surface area contributed by atoms with Crippen molar-refractivity contribution < 1.29 is 9.57 Å². The van der Waals surface area contributed by atoms with Crippen molar-refractivity contribution in [1.29, 1.82) is 0 Å². The Morgan fingerprint density at radius 3 is 2.67 bits per heavy atom. The molecule has 1 aromatic rings. The van der Waals surface area contributed by atoms with Crippen LogP contribution in [-0.4, -0.2) is 12.1 Å². The lowest BCUT2D eigenvalue weighted by molar-refractivity contribution is 0.124. The monoisotopic (exact) mass is 190 g/mol. The molecular formula is C7H11ClN2O2. The molecule has 0 spiro atoms. The topological polar surface area (TPSA) is 57.4 Å². The second-order valence-electron chi connectivity index (χ2n) is 2.02. The van der Waals surface area contributed by atoms with Gasteiger partial charge in [0.05, 0.1) is 13.7 Å². The van der Waals surface area contributed by atoms with Gasteiger partial charge in [-0.25, -0.2) is 10.9 Å². The van der Waals surface area contributed by atoms with Crippen LogP contribution in [0, 0.1) is 0 Å². The lowest BCUT2D eigenvalue weighted by atomic mass is 10.3. The summed E-state index contributed by atoms with van der Waals surface area (Å²) >= 11 is 0. The quantitative estimate of drug-likeness (QED) is 0.720. The standard InChI is InChI=1S/C7H10N2O2.ClH/c1-10-7-3-2-6(4-9-7)5-11-8;/h2-4H,5,8H2,1H3;1H. The highest BCUT2D eigenvalue weighted by atomic mass is 35.5. The highest BCUT2D eigenvalue weighted by molar-refractivity contribution is 5.85. The van der Waals surface area contributed by atoms with E-state index in [0.717, 1.165) is 5.56 Å². The third-order valence-corrected chi connectivity index (χ3v) is 1.26. The van der Waals surface area contributed by atoms with Crippen molar-refractivity contribution >= 4 is 12.4 Å². The fourth-order valence-electron chi connectivity index (χ4n) is 0.713. The van der Waals surface area contributed by atoms with E-state index in [1.165, 1.54) is 0 Å². The van der Waals surface area contributed by atoms with Crippen molar-refractivity contribution in [3.8, 4) is 5.88 Å². The van der Waals surface area contributed by atoms with Crippen molar-refractivity contribution in [3.63, 3.8) is 0 Å². The summed E-state index contributed by atoms with van der Waals surface area (Å²) in [5.74, 6) is 5.46. The summed E-state index contributed by atoms with van der Waals surface area (Å²) in [5.41, 5.74) is 0.924. The first-order valence-corrected chi connectivity index (χ1v) is 3.17. The Labute approximate surface area is 77.1 Å². The van der Waals surface area contributed by atoms with Crippen LogP contribution in [0.2, 0.25) is 0 Å². The Kier molecular flexibility index (Phi) is 5.36. The molecule has 1 aromatic heterocycles. The van der Waals surface area contributed by atoms with Gasteiger partial charge >= 0.3 is 0 Å². The molecule has 0 unspecified atom stereocenters. The van der Waals surface area contributed by atoms with Crippen molar-refractivity contribution in [1.82, 2.24) is 4.98 Å². The van der Waals surface area contributed by atoms with E-state index in [1.54, 1.807) is 19.4 Å². The Morgan fingerprint density at radius 1 is 1.50 bits per heavy atom. The average molecular weight is 191 g/mol. The molecule has 0 radical (unpaired) electrons. The van der Waals surface area contributed by atoms with Gasteiger partial charge in [-0.15, -0.1) is 12.4 Å². The third kappa shape index (κ3) is 3.04. The molecule has 1 heterocycles. The Balaban J connectivity index is 0.00000121. The molecule has 0 atom stereocenters. The van der Waals surface area contributed by atoms with E-state index >= 15 is 0 Å². The van der Waals surface area contributed by atoms with E-state index in [4.69, 9.17) is 10.6 Å². The molecule has 12 heavy (non-hydrogen) atoms. The molecule has 0 fully saturated rings. The first-order valence-electron chi connectivity index (χ1n) is 3.17. The second kappa shape index (κ2) is 5.77. The summed E-state index contributed by atoms with van der Waals surface area (Å²) in [6.07, 6.45) is 1.66. The number of aromatic nitrogens is 1. The molecule has 0 aromatic carbocycles. The summed E-state index contributed by atoms with van der Waals surface area (Å²) < 4.78 is 4.86. The van der Waals surface area contributed by atoms with Gasteiger partial charge in [0, 0.05) is 12.3 Å². The second-order valence-corrected chi connectivity index (χ2v) is 2.02. The van der Waals surface area contributed by atoms with Gasteiger partial charge in [0.1, 0.15) is 0 Å². The zero-order valence-corrected chi connectivity index (χ0v) is 7.50. The highest BCUT2D eigenvalue weighted by Crippen LogP contribution is 2.06. The highest BCUT2D eigenvalue weighted by Gasteiger charge is 1.93. The maximum atomic E-state index is 4.87. The van der Waals surface area contributed by atoms with Crippen molar-refractivity contribution in [2.75, 3.05) is 7.11 Å². The summed E-state index contributed by atoms with van der Waals surface area (Å²) in [7, 11) is 1.57. The first-order chi connectivity index (χ1) is 5.36. The molecule has 0 saturated heterocycles. The van der Waals surface area contributed by atoms with Gasteiger partial charge in [-0.3, -0.25) is 4.84 Å². The minimum atomic E-state index is 0. The van der Waals surface area contributed by atoms with Crippen LogP contribution in [0.5, 0.6) is 5.88 Å². The fourth-order valence-corrected chi connectivity index (χ4v) is 0.713. The number of halogens is 1. The summed E-state index contributed by atoms with van der Waals surface area (Å²) in [4.78, 5) is 8.38. The van der Waals surface area contributed by atoms with E-state index < -0.39 is 0 Å². The van der Waals surface area contributed by atoms with Crippen LogP contribution in [0.4, 0.5) is 0 Å².